The first-order chi connectivity index (χ1) is 7.19. The summed E-state index contributed by atoms with van der Waals surface area (Å²) in [7, 11) is 2.02. The molecule has 0 radical (unpaired) electrons. The maximum atomic E-state index is 11.6. The molecule has 0 aromatic rings. The number of hydrazine groups is 1. The van der Waals surface area contributed by atoms with Gasteiger partial charge in [0.05, 0.1) is 6.04 Å². The van der Waals surface area contributed by atoms with Crippen LogP contribution in [0.15, 0.2) is 0 Å². The van der Waals surface area contributed by atoms with E-state index in [2.05, 4.69) is 17.2 Å². The predicted octanol–water partition coefficient (Wildman–Crippen LogP) is 0.877. The average Bonchev–Trinajstić information content (AvgIpc) is 2.18. The van der Waals surface area contributed by atoms with Gasteiger partial charge in [-0.2, -0.15) is 0 Å². The van der Waals surface area contributed by atoms with Crippen LogP contribution in [-0.4, -0.2) is 30.4 Å². The average molecular weight is 213 g/mol. The van der Waals surface area contributed by atoms with Crippen molar-refractivity contribution in [2.45, 2.75) is 45.1 Å². The Morgan fingerprint density at radius 2 is 2.27 bits per heavy atom. The van der Waals surface area contributed by atoms with Gasteiger partial charge in [-0.05, 0) is 32.2 Å². The van der Waals surface area contributed by atoms with E-state index >= 15 is 0 Å². The van der Waals surface area contributed by atoms with Crippen molar-refractivity contribution in [3.63, 3.8) is 0 Å². The van der Waals surface area contributed by atoms with Gasteiger partial charge in [-0.15, -0.1) is 0 Å². The van der Waals surface area contributed by atoms with Crippen molar-refractivity contribution in [1.82, 2.24) is 10.3 Å². The second kappa shape index (κ2) is 6.08. The molecule has 0 saturated heterocycles. The van der Waals surface area contributed by atoms with Gasteiger partial charge in [-0.25, -0.2) is 5.84 Å². The first kappa shape index (κ1) is 12.5. The minimum atomic E-state index is -0.0568. The number of nitrogens with zero attached hydrogens (tertiary/aromatic N) is 1. The number of likely N-dealkylation sites (N-methyl/N-ethyl adjacent to an activating group) is 1. The highest BCUT2D eigenvalue weighted by Crippen LogP contribution is 2.27. The minimum absolute atomic E-state index is 0.0550. The third-order valence-corrected chi connectivity index (χ3v) is 3.31. The van der Waals surface area contributed by atoms with Crippen molar-refractivity contribution < 1.29 is 4.79 Å². The molecule has 3 N–H and O–H groups in total. The summed E-state index contributed by atoms with van der Waals surface area (Å²) in [6.45, 7) is 3.12. The fourth-order valence-electron chi connectivity index (χ4n) is 2.13. The van der Waals surface area contributed by atoms with E-state index in [-0.39, 0.29) is 11.9 Å². The zero-order chi connectivity index (χ0) is 11.3. The molecule has 1 amide bonds. The van der Waals surface area contributed by atoms with Crippen LogP contribution in [0.1, 0.15) is 39.0 Å². The van der Waals surface area contributed by atoms with Gasteiger partial charge >= 0.3 is 0 Å². The Hall–Kier alpha value is -0.610. The Morgan fingerprint density at radius 1 is 1.60 bits per heavy atom. The molecule has 1 rings (SSSR count). The molecular weight excluding hydrogens is 190 g/mol. The molecule has 4 heteroatoms. The number of carbonyl (C=O) groups is 1. The van der Waals surface area contributed by atoms with Gasteiger partial charge < -0.3 is 0 Å². The largest absolute Gasteiger partial charge is 0.295 e. The maximum Gasteiger partial charge on any atom is 0.251 e. The van der Waals surface area contributed by atoms with E-state index in [0.29, 0.717) is 0 Å². The number of amides is 1. The highest BCUT2D eigenvalue weighted by atomic mass is 16.2. The molecule has 1 atom stereocenters. The Labute approximate surface area is 92.2 Å². The lowest BCUT2D eigenvalue weighted by Gasteiger charge is -2.33. The molecule has 0 heterocycles. The molecule has 1 saturated carbocycles. The van der Waals surface area contributed by atoms with Crippen molar-refractivity contribution in [3.8, 4) is 0 Å². The quantitative estimate of drug-likeness (QED) is 0.391. The summed E-state index contributed by atoms with van der Waals surface area (Å²) in [6, 6.07) is -0.0550. The number of hydrogen-bond donors (Lipinski definition) is 2. The van der Waals surface area contributed by atoms with Crippen LogP contribution in [-0.2, 0) is 4.79 Å². The molecule has 0 bridgehead atoms. The Bertz CT molecular complexity index is 204. The molecule has 1 unspecified atom stereocenters. The molecular formula is C11H23N3O. The smallest absolute Gasteiger partial charge is 0.251 e. The minimum Gasteiger partial charge on any atom is -0.295 e. The van der Waals surface area contributed by atoms with Crippen LogP contribution in [0.25, 0.3) is 0 Å². The number of hydrogen-bond acceptors (Lipinski definition) is 3. The number of carbonyl (C=O) groups excluding carboxylic acids is 1. The second-order valence-corrected chi connectivity index (χ2v) is 4.55. The zero-order valence-electron chi connectivity index (χ0n) is 9.83. The topological polar surface area (TPSA) is 58.4 Å². The third kappa shape index (κ3) is 3.47. The van der Waals surface area contributed by atoms with Gasteiger partial charge in [0.2, 0.25) is 0 Å². The van der Waals surface area contributed by atoms with E-state index in [1.165, 1.54) is 19.3 Å². The van der Waals surface area contributed by atoms with Crippen molar-refractivity contribution >= 4 is 5.91 Å². The predicted molar refractivity (Wildman–Crippen MR) is 61.0 cm³/mol. The van der Waals surface area contributed by atoms with Gasteiger partial charge in [-0.1, -0.05) is 19.8 Å². The van der Waals surface area contributed by atoms with Crippen molar-refractivity contribution in [2.24, 2.45) is 11.8 Å². The Balaban J connectivity index is 2.41. The fraction of sp³-hybridized carbons (Fsp3) is 0.909. The maximum absolute atomic E-state index is 11.6. The monoisotopic (exact) mass is 213 g/mol. The van der Waals surface area contributed by atoms with Gasteiger partial charge in [0, 0.05) is 6.54 Å². The zero-order valence-corrected chi connectivity index (χ0v) is 9.83. The van der Waals surface area contributed by atoms with Gasteiger partial charge in [-0.3, -0.25) is 15.1 Å². The lowest BCUT2D eigenvalue weighted by atomic mass is 9.85. The van der Waals surface area contributed by atoms with E-state index in [1.54, 1.807) is 0 Å². The Morgan fingerprint density at radius 3 is 2.67 bits per heavy atom. The summed E-state index contributed by atoms with van der Waals surface area (Å²) in [4.78, 5) is 13.7. The van der Waals surface area contributed by atoms with Crippen molar-refractivity contribution in [1.29, 1.82) is 0 Å². The Kier molecular flexibility index (Phi) is 5.05. The summed E-state index contributed by atoms with van der Waals surface area (Å²) < 4.78 is 0. The molecule has 0 aliphatic heterocycles. The SMILES string of the molecule is CCCC(C(=O)NN)N(C)CC1CCC1. The summed E-state index contributed by atoms with van der Waals surface area (Å²) in [5.74, 6) is 5.93. The van der Waals surface area contributed by atoms with Gasteiger partial charge in [0.1, 0.15) is 0 Å². The van der Waals surface area contributed by atoms with Crippen LogP contribution in [0.4, 0.5) is 0 Å². The molecule has 1 aliphatic rings. The summed E-state index contributed by atoms with van der Waals surface area (Å²) in [5, 5.41) is 0. The second-order valence-electron chi connectivity index (χ2n) is 4.55. The van der Waals surface area contributed by atoms with Crippen LogP contribution in [0.5, 0.6) is 0 Å². The summed E-state index contributed by atoms with van der Waals surface area (Å²) in [5.41, 5.74) is 2.26. The van der Waals surface area contributed by atoms with Crippen LogP contribution in [0, 0.1) is 5.92 Å². The van der Waals surface area contributed by atoms with E-state index in [1.807, 2.05) is 7.05 Å². The lowest BCUT2D eigenvalue weighted by Crippen LogP contribution is -2.49. The molecule has 1 aliphatic carbocycles. The van der Waals surface area contributed by atoms with E-state index in [4.69, 9.17) is 5.84 Å². The highest BCUT2D eigenvalue weighted by molar-refractivity contribution is 5.81. The van der Waals surface area contributed by atoms with E-state index in [0.717, 1.165) is 25.3 Å². The third-order valence-electron chi connectivity index (χ3n) is 3.31. The standard InChI is InChI=1S/C11H23N3O/c1-3-5-10(11(15)13-12)14(2)8-9-6-4-7-9/h9-10H,3-8,12H2,1-2H3,(H,13,15). The molecule has 0 aromatic carbocycles. The fourth-order valence-corrected chi connectivity index (χ4v) is 2.13. The molecule has 88 valence electrons. The van der Waals surface area contributed by atoms with E-state index < -0.39 is 0 Å². The normalized spacial score (nSPS) is 18.7. The van der Waals surface area contributed by atoms with Crippen LogP contribution < -0.4 is 11.3 Å². The van der Waals surface area contributed by atoms with Crippen LogP contribution >= 0.6 is 0 Å². The highest BCUT2D eigenvalue weighted by Gasteiger charge is 2.26. The number of nitrogens with two attached hydrogens (primary N) is 1. The van der Waals surface area contributed by atoms with E-state index in [9.17, 15) is 4.79 Å². The molecule has 4 nitrogen and oxygen atoms in total. The van der Waals surface area contributed by atoms with Gasteiger partial charge in [0.15, 0.2) is 0 Å². The van der Waals surface area contributed by atoms with Crippen molar-refractivity contribution in [2.75, 3.05) is 13.6 Å². The van der Waals surface area contributed by atoms with Gasteiger partial charge in [0.25, 0.3) is 5.91 Å². The molecule has 0 aromatic heterocycles. The first-order valence-corrected chi connectivity index (χ1v) is 5.89. The number of rotatable bonds is 6. The molecule has 1 fully saturated rings. The number of nitrogens with one attached hydrogen (secondary N) is 1. The van der Waals surface area contributed by atoms with Crippen LogP contribution in [0.2, 0.25) is 0 Å². The molecule has 15 heavy (non-hydrogen) atoms. The summed E-state index contributed by atoms with van der Waals surface area (Å²) >= 11 is 0. The van der Waals surface area contributed by atoms with Crippen LogP contribution in [0.3, 0.4) is 0 Å². The molecule has 0 spiro atoms. The summed E-state index contributed by atoms with van der Waals surface area (Å²) in [6.07, 6.45) is 5.86. The van der Waals surface area contributed by atoms with Crippen molar-refractivity contribution in [3.05, 3.63) is 0 Å². The lowest BCUT2D eigenvalue weighted by molar-refractivity contribution is -0.126. The first-order valence-electron chi connectivity index (χ1n) is 5.89.